The largest absolute Gasteiger partial charge is 0.358 e. The fraction of sp³-hybridized carbons (Fsp3) is 0.417. The van der Waals surface area contributed by atoms with Crippen LogP contribution in [0.15, 0.2) is 18.2 Å². The number of hydrogen-bond donors (Lipinski definition) is 1. The molecule has 1 aromatic heterocycles. The van der Waals surface area contributed by atoms with E-state index in [9.17, 15) is 4.39 Å². The summed E-state index contributed by atoms with van der Waals surface area (Å²) in [6, 6.07) is 4.99. The molecule has 2 rings (SSSR count). The van der Waals surface area contributed by atoms with E-state index >= 15 is 0 Å². The number of likely N-dealkylation sites (N-methyl/N-ethyl adjacent to an activating group) is 1. The van der Waals surface area contributed by atoms with Gasteiger partial charge in [-0.05, 0) is 39.2 Å². The molecule has 0 spiro atoms. The highest BCUT2D eigenvalue weighted by Crippen LogP contribution is 2.26. The van der Waals surface area contributed by atoms with E-state index in [0.29, 0.717) is 6.04 Å². The Labute approximate surface area is 104 Å². The summed E-state index contributed by atoms with van der Waals surface area (Å²) >= 11 is 1.49. The molecule has 3 nitrogen and oxygen atoms in total. The minimum absolute atomic E-state index is 0.214. The minimum atomic E-state index is -0.214. The van der Waals surface area contributed by atoms with E-state index < -0.39 is 0 Å². The predicted molar refractivity (Wildman–Crippen MR) is 71.2 cm³/mol. The van der Waals surface area contributed by atoms with Gasteiger partial charge in [-0.15, -0.1) is 0 Å². The average Bonchev–Trinajstić information content (AvgIpc) is 2.57. The highest BCUT2D eigenvalue weighted by atomic mass is 32.1. The Morgan fingerprint density at radius 1 is 1.47 bits per heavy atom. The summed E-state index contributed by atoms with van der Waals surface area (Å²) < 4.78 is 13.9. The monoisotopic (exact) mass is 253 g/mol. The summed E-state index contributed by atoms with van der Waals surface area (Å²) in [5.74, 6) is -0.214. The molecule has 0 bridgehead atoms. The Kier molecular flexibility index (Phi) is 3.59. The molecular formula is C12H16FN3S. The summed E-state index contributed by atoms with van der Waals surface area (Å²) in [5.41, 5.74) is 0.843. The smallest absolute Gasteiger partial charge is 0.184 e. The summed E-state index contributed by atoms with van der Waals surface area (Å²) in [4.78, 5) is 6.54. The van der Waals surface area contributed by atoms with Crippen LogP contribution in [0.3, 0.4) is 0 Å². The Morgan fingerprint density at radius 2 is 2.24 bits per heavy atom. The maximum Gasteiger partial charge on any atom is 0.184 e. The van der Waals surface area contributed by atoms with Crippen molar-refractivity contribution in [3.8, 4) is 0 Å². The van der Waals surface area contributed by atoms with Crippen molar-refractivity contribution in [1.82, 2.24) is 9.88 Å². The van der Waals surface area contributed by atoms with Crippen molar-refractivity contribution in [2.24, 2.45) is 0 Å². The van der Waals surface area contributed by atoms with Crippen molar-refractivity contribution in [2.75, 3.05) is 26.0 Å². The molecule has 0 saturated carbocycles. The number of aromatic nitrogens is 1. The molecule has 0 aliphatic heterocycles. The van der Waals surface area contributed by atoms with Crippen LogP contribution in [0, 0.1) is 5.82 Å². The molecule has 92 valence electrons. The molecule has 0 aliphatic carbocycles. The van der Waals surface area contributed by atoms with Crippen LogP contribution in [0.4, 0.5) is 9.52 Å². The molecule has 1 atom stereocenters. The molecule has 2 aromatic rings. The van der Waals surface area contributed by atoms with Crippen LogP contribution < -0.4 is 5.32 Å². The SMILES string of the molecule is CC(CN(C)C)Nc1nc2ccc(F)cc2s1. The zero-order chi connectivity index (χ0) is 12.4. The van der Waals surface area contributed by atoms with Gasteiger partial charge in [0.1, 0.15) is 5.82 Å². The van der Waals surface area contributed by atoms with E-state index in [1.807, 2.05) is 14.1 Å². The summed E-state index contributed by atoms with van der Waals surface area (Å²) in [6.07, 6.45) is 0. The second kappa shape index (κ2) is 4.98. The number of nitrogens with one attached hydrogen (secondary N) is 1. The zero-order valence-corrected chi connectivity index (χ0v) is 11.0. The van der Waals surface area contributed by atoms with Crippen LogP contribution >= 0.6 is 11.3 Å². The molecule has 1 unspecified atom stereocenters. The molecule has 0 aliphatic rings. The number of rotatable bonds is 4. The third-order valence-corrected chi connectivity index (χ3v) is 3.31. The van der Waals surface area contributed by atoms with E-state index in [4.69, 9.17) is 0 Å². The van der Waals surface area contributed by atoms with Crippen molar-refractivity contribution in [2.45, 2.75) is 13.0 Å². The molecule has 0 radical (unpaired) electrons. The van der Waals surface area contributed by atoms with E-state index in [0.717, 1.165) is 21.9 Å². The second-order valence-corrected chi connectivity index (χ2v) is 5.47. The third-order valence-electron chi connectivity index (χ3n) is 2.36. The fourth-order valence-corrected chi connectivity index (χ4v) is 2.77. The van der Waals surface area contributed by atoms with Gasteiger partial charge in [-0.1, -0.05) is 11.3 Å². The first-order chi connectivity index (χ1) is 8.04. The minimum Gasteiger partial charge on any atom is -0.358 e. The molecule has 0 fully saturated rings. The number of fused-ring (bicyclic) bond motifs is 1. The Bertz CT molecular complexity index is 509. The van der Waals surface area contributed by atoms with E-state index in [1.165, 1.54) is 23.5 Å². The predicted octanol–water partition coefficient (Wildman–Crippen LogP) is 2.80. The Morgan fingerprint density at radius 3 is 2.94 bits per heavy atom. The first kappa shape index (κ1) is 12.3. The maximum absolute atomic E-state index is 13.0. The van der Waals surface area contributed by atoms with Crippen molar-refractivity contribution in [3.05, 3.63) is 24.0 Å². The molecule has 0 amide bonds. The van der Waals surface area contributed by atoms with Crippen molar-refractivity contribution < 1.29 is 4.39 Å². The second-order valence-electron chi connectivity index (χ2n) is 4.44. The van der Waals surface area contributed by atoms with Gasteiger partial charge in [0, 0.05) is 12.6 Å². The lowest BCUT2D eigenvalue weighted by molar-refractivity contribution is 0.392. The topological polar surface area (TPSA) is 28.2 Å². The average molecular weight is 253 g/mol. The summed E-state index contributed by atoms with van der Waals surface area (Å²) in [7, 11) is 4.07. The first-order valence-electron chi connectivity index (χ1n) is 5.52. The summed E-state index contributed by atoms with van der Waals surface area (Å²) in [6.45, 7) is 3.04. The molecule has 1 N–H and O–H groups in total. The first-order valence-corrected chi connectivity index (χ1v) is 6.33. The molecule has 1 aromatic carbocycles. The number of anilines is 1. The van der Waals surface area contributed by atoms with Gasteiger partial charge in [-0.3, -0.25) is 0 Å². The normalized spacial score (nSPS) is 13.2. The quantitative estimate of drug-likeness (QED) is 0.908. The number of benzene rings is 1. The molecule has 17 heavy (non-hydrogen) atoms. The van der Waals surface area contributed by atoms with Gasteiger partial charge < -0.3 is 10.2 Å². The molecular weight excluding hydrogens is 237 g/mol. The summed E-state index contributed by atoms with van der Waals surface area (Å²) in [5, 5.41) is 4.17. The molecule has 5 heteroatoms. The highest BCUT2D eigenvalue weighted by Gasteiger charge is 2.08. The van der Waals surface area contributed by atoms with Crippen LogP contribution in [-0.2, 0) is 0 Å². The molecule has 0 saturated heterocycles. The van der Waals surface area contributed by atoms with Gasteiger partial charge in [0.2, 0.25) is 0 Å². The standard InChI is InChI=1S/C12H16FN3S/c1-8(7-16(2)3)14-12-15-10-5-4-9(13)6-11(10)17-12/h4-6,8H,7H2,1-3H3,(H,14,15). The van der Waals surface area contributed by atoms with Gasteiger partial charge in [-0.25, -0.2) is 9.37 Å². The lowest BCUT2D eigenvalue weighted by Gasteiger charge is -2.17. The van der Waals surface area contributed by atoms with Gasteiger partial charge >= 0.3 is 0 Å². The van der Waals surface area contributed by atoms with Crippen LogP contribution in [0.5, 0.6) is 0 Å². The lowest BCUT2D eigenvalue weighted by Crippen LogP contribution is -2.29. The Hall–Kier alpha value is -1.20. The Balaban J connectivity index is 2.14. The van der Waals surface area contributed by atoms with Crippen LogP contribution in [-0.4, -0.2) is 36.6 Å². The fourth-order valence-electron chi connectivity index (χ4n) is 1.76. The van der Waals surface area contributed by atoms with E-state index in [2.05, 4.69) is 22.1 Å². The van der Waals surface area contributed by atoms with Crippen molar-refractivity contribution >= 4 is 26.7 Å². The number of hydrogen-bond acceptors (Lipinski definition) is 4. The van der Waals surface area contributed by atoms with Gasteiger partial charge in [0.25, 0.3) is 0 Å². The number of thiazole rings is 1. The van der Waals surface area contributed by atoms with Crippen LogP contribution in [0.1, 0.15) is 6.92 Å². The number of halogens is 1. The van der Waals surface area contributed by atoms with Gasteiger partial charge in [0.05, 0.1) is 10.2 Å². The highest BCUT2D eigenvalue weighted by molar-refractivity contribution is 7.22. The van der Waals surface area contributed by atoms with Crippen molar-refractivity contribution in [3.63, 3.8) is 0 Å². The van der Waals surface area contributed by atoms with Gasteiger partial charge in [-0.2, -0.15) is 0 Å². The third kappa shape index (κ3) is 3.14. The van der Waals surface area contributed by atoms with Crippen molar-refractivity contribution in [1.29, 1.82) is 0 Å². The van der Waals surface area contributed by atoms with E-state index in [-0.39, 0.29) is 5.82 Å². The van der Waals surface area contributed by atoms with Crippen LogP contribution in [0.25, 0.3) is 10.2 Å². The van der Waals surface area contributed by atoms with Gasteiger partial charge in [0.15, 0.2) is 5.13 Å². The van der Waals surface area contributed by atoms with Crippen LogP contribution in [0.2, 0.25) is 0 Å². The van der Waals surface area contributed by atoms with E-state index in [1.54, 1.807) is 6.07 Å². The zero-order valence-electron chi connectivity index (χ0n) is 10.2. The molecule has 1 heterocycles. The number of nitrogens with zero attached hydrogens (tertiary/aromatic N) is 2. The maximum atomic E-state index is 13.0. The lowest BCUT2D eigenvalue weighted by atomic mass is 10.3.